The summed E-state index contributed by atoms with van der Waals surface area (Å²) in [5.41, 5.74) is 2.15. The van der Waals surface area contributed by atoms with Gasteiger partial charge >= 0.3 is 0 Å². The number of aromatic nitrogens is 3. The summed E-state index contributed by atoms with van der Waals surface area (Å²) in [5, 5.41) is 2.97. The first-order valence-electron chi connectivity index (χ1n) is 8.72. The van der Waals surface area contributed by atoms with Crippen molar-refractivity contribution in [1.82, 2.24) is 14.5 Å². The number of carbonyl (C=O) groups excluding carboxylic acids is 1. The van der Waals surface area contributed by atoms with E-state index in [1.54, 1.807) is 48.9 Å². The maximum atomic E-state index is 14.6. The summed E-state index contributed by atoms with van der Waals surface area (Å²) < 4.78 is 29.6. The predicted molar refractivity (Wildman–Crippen MR) is 104 cm³/mol. The van der Waals surface area contributed by atoms with Gasteiger partial charge < -0.3 is 14.8 Å². The molecule has 1 amide bonds. The molecular formula is C19H18ClF2N5O. The quantitative estimate of drug-likeness (QED) is 0.708. The summed E-state index contributed by atoms with van der Waals surface area (Å²) in [6, 6.07) is 4.65. The average Bonchev–Trinajstić information content (AvgIpc) is 3.24. The van der Waals surface area contributed by atoms with Crippen LogP contribution in [0.4, 0.5) is 26.1 Å². The molecule has 146 valence electrons. The first-order valence-corrected chi connectivity index (χ1v) is 9.10. The van der Waals surface area contributed by atoms with Crippen LogP contribution in [0.15, 0.2) is 24.5 Å². The number of rotatable bonds is 4. The van der Waals surface area contributed by atoms with Crippen molar-refractivity contribution < 1.29 is 13.6 Å². The monoisotopic (exact) mass is 405 g/mol. The van der Waals surface area contributed by atoms with E-state index in [0.717, 1.165) is 0 Å². The van der Waals surface area contributed by atoms with Crippen LogP contribution in [0.25, 0.3) is 11.0 Å². The van der Waals surface area contributed by atoms with Crippen LogP contribution in [0.5, 0.6) is 0 Å². The molecular weight excluding hydrogens is 388 g/mol. The Morgan fingerprint density at radius 3 is 2.75 bits per heavy atom. The summed E-state index contributed by atoms with van der Waals surface area (Å²) >= 11 is 5.92. The number of amides is 1. The molecule has 1 fully saturated rings. The number of pyridine rings is 1. The van der Waals surface area contributed by atoms with Crippen LogP contribution in [0.3, 0.4) is 0 Å². The fourth-order valence-corrected chi connectivity index (χ4v) is 3.51. The molecule has 0 unspecified atom stereocenters. The van der Waals surface area contributed by atoms with E-state index in [0.29, 0.717) is 33.1 Å². The summed E-state index contributed by atoms with van der Waals surface area (Å²) in [4.78, 5) is 22.5. The zero-order chi connectivity index (χ0) is 20.2. The second kappa shape index (κ2) is 6.70. The molecule has 0 spiro atoms. The summed E-state index contributed by atoms with van der Waals surface area (Å²) in [6.45, 7) is 1.75. The molecule has 1 aliphatic rings. The number of alkyl halides is 1. The Balaban J connectivity index is 1.79. The van der Waals surface area contributed by atoms with Crippen molar-refractivity contribution in [2.75, 3.05) is 17.3 Å². The van der Waals surface area contributed by atoms with Crippen LogP contribution < -0.4 is 10.2 Å². The van der Waals surface area contributed by atoms with Crippen LogP contribution in [0.1, 0.15) is 12.0 Å². The van der Waals surface area contributed by atoms with Gasteiger partial charge in [0, 0.05) is 25.2 Å². The lowest BCUT2D eigenvalue weighted by molar-refractivity contribution is -0.117. The van der Waals surface area contributed by atoms with E-state index in [2.05, 4.69) is 15.3 Å². The minimum atomic E-state index is -1.11. The van der Waals surface area contributed by atoms with Gasteiger partial charge in [0.05, 0.1) is 23.4 Å². The Morgan fingerprint density at radius 1 is 1.39 bits per heavy atom. The largest absolute Gasteiger partial charge is 0.334 e. The van der Waals surface area contributed by atoms with Crippen molar-refractivity contribution in [3.8, 4) is 0 Å². The molecule has 1 aromatic carbocycles. The van der Waals surface area contributed by atoms with E-state index in [9.17, 15) is 13.6 Å². The van der Waals surface area contributed by atoms with Gasteiger partial charge in [-0.3, -0.25) is 4.79 Å². The Kier molecular flexibility index (Phi) is 4.45. The first-order chi connectivity index (χ1) is 13.3. The molecule has 6 nitrogen and oxygen atoms in total. The summed E-state index contributed by atoms with van der Waals surface area (Å²) in [7, 11) is 3.48. The highest BCUT2D eigenvalue weighted by atomic mass is 35.5. The predicted octanol–water partition coefficient (Wildman–Crippen LogP) is 4.13. The van der Waals surface area contributed by atoms with Gasteiger partial charge in [0.25, 0.3) is 0 Å². The molecule has 2 aromatic heterocycles. The third-order valence-electron chi connectivity index (χ3n) is 4.89. The number of nitrogens with zero attached hydrogens (tertiary/aromatic N) is 4. The molecule has 1 saturated carbocycles. The molecule has 4 rings (SSSR count). The van der Waals surface area contributed by atoms with Gasteiger partial charge in [-0.2, -0.15) is 0 Å². The van der Waals surface area contributed by atoms with E-state index < -0.39 is 23.8 Å². The first kappa shape index (κ1) is 18.6. The van der Waals surface area contributed by atoms with E-state index in [1.807, 2.05) is 0 Å². The number of benzene rings is 1. The highest BCUT2D eigenvalue weighted by Gasteiger charge is 2.44. The number of imidazole rings is 1. The lowest BCUT2D eigenvalue weighted by Crippen LogP contribution is -2.19. The van der Waals surface area contributed by atoms with E-state index >= 15 is 0 Å². The van der Waals surface area contributed by atoms with Crippen LogP contribution in [-0.2, 0) is 11.8 Å². The maximum Gasteiger partial charge on any atom is 0.231 e. The Bertz CT molecular complexity index is 1080. The van der Waals surface area contributed by atoms with Gasteiger partial charge in [0.2, 0.25) is 5.91 Å². The zero-order valence-corrected chi connectivity index (χ0v) is 16.3. The molecule has 2 atom stereocenters. The van der Waals surface area contributed by atoms with Crippen molar-refractivity contribution >= 4 is 45.9 Å². The average molecular weight is 406 g/mol. The summed E-state index contributed by atoms with van der Waals surface area (Å²) in [6.07, 6.45) is 0.692. The second-order valence-corrected chi connectivity index (χ2v) is 7.45. The van der Waals surface area contributed by atoms with Crippen molar-refractivity contribution in [3.63, 3.8) is 0 Å². The van der Waals surface area contributed by atoms with Gasteiger partial charge in [-0.05, 0) is 31.0 Å². The number of hydrogen-bond donors (Lipinski definition) is 1. The molecule has 0 bridgehead atoms. The molecule has 0 aliphatic heterocycles. The minimum Gasteiger partial charge on any atom is -0.334 e. The Morgan fingerprint density at radius 2 is 2.11 bits per heavy atom. The molecule has 9 heteroatoms. The number of nitrogens with one attached hydrogen (secondary N) is 1. The topological polar surface area (TPSA) is 63.1 Å². The molecule has 3 aromatic rings. The minimum absolute atomic E-state index is 0.214. The number of aryl methyl sites for hydroxylation is 2. The van der Waals surface area contributed by atoms with Crippen molar-refractivity contribution in [1.29, 1.82) is 0 Å². The fourth-order valence-electron chi connectivity index (χ4n) is 3.25. The SMILES string of the molecule is Cc1cc(Cl)cc(F)c1N(C)c1cc2c(ncn2C)c(NC(=O)[C@H]2C[C@H]2F)n1. The third-order valence-corrected chi connectivity index (χ3v) is 5.11. The van der Waals surface area contributed by atoms with Gasteiger partial charge in [-0.25, -0.2) is 18.7 Å². The van der Waals surface area contributed by atoms with Crippen LogP contribution in [0, 0.1) is 18.7 Å². The van der Waals surface area contributed by atoms with E-state index in [4.69, 9.17) is 11.6 Å². The molecule has 2 heterocycles. The fraction of sp³-hybridized carbons (Fsp3) is 0.316. The molecule has 28 heavy (non-hydrogen) atoms. The molecule has 1 aliphatic carbocycles. The van der Waals surface area contributed by atoms with Gasteiger partial charge in [-0.15, -0.1) is 0 Å². The lowest BCUT2D eigenvalue weighted by atomic mass is 10.1. The van der Waals surface area contributed by atoms with Crippen LogP contribution in [-0.4, -0.2) is 33.7 Å². The Hall–Kier alpha value is -2.74. The number of hydrogen-bond acceptors (Lipinski definition) is 4. The molecule has 0 radical (unpaired) electrons. The molecule has 0 saturated heterocycles. The number of halogens is 3. The normalized spacial score (nSPS) is 18.4. The van der Waals surface area contributed by atoms with Gasteiger partial charge in [-0.1, -0.05) is 11.6 Å². The smallest absolute Gasteiger partial charge is 0.231 e. The van der Waals surface area contributed by atoms with E-state index in [1.165, 1.54) is 6.07 Å². The Labute approximate surface area is 165 Å². The second-order valence-electron chi connectivity index (χ2n) is 7.01. The highest BCUT2D eigenvalue weighted by molar-refractivity contribution is 6.30. The van der Waals surface area contributed by atoms with Gasteiger partial charge in [0.15, 0.2) is 5.82 Å². The number of anilines is 3. The maximum absolute atomic E-state index is 14.6. The highest BCUT2D eigenvalue weighted by Crippen LogP contribution is 2.36. The van der Waals surface area contributed by atoms with Crippen LogP contribution >= 0.6 is 11.6 Å². The van der Waals surface area contributed by atoms with Crippen LogP contribution in [0.2, 0.25) is 5.02 Å². The standard InChI is InChI=1S/C19H18ClF2N5O/c1-9-4-10(20)5-13(22)17(9)27(3)15-7-14-16(23-8-26(14)2)18(24-15)25-19(28)11-6-12(11)21/h4-5,7-8,11-12H,6H2,1-3H3,(H,24,25,28)/t11-,12+/m0/s1. The van der Waals surface area contributed by atoms with E-state index in [-0.39, 0.29) is 12.2 Å². The molecule has 1 N–H and O–H groups in total. The number of carbonyl (C=O) groups is 1. The third kappa shape index (κ3) is 3.17. The number of fused-ring (bicyclic) bond motifs is 1. The zero-order valence-electron chi connectivity index (χ0n) is 15.5. The lowest BCUT2D eigenvalue weighted by Gasteiger charge is -2.22. The summed E-state index contributed by atoms with van der Waals surface area (Å²) in [5.74, 6) is -0.943. The van der Waals surface area contributed by atoms with Gasteiger partial charge in [0.1, 0.15) is 23.3 Å². The van der Waals surface area contributed by atoms with Crippen molar-refractivity contribution in [2.45, 2.75) is 19.5 Å². The van der Waals surface area contributed by atoms with Crippen molar-refractivity contribution in [3.05, 3.63) is 40.9 Å². The van der Waals surface area contributed by atoms with Crippen molar-refractivity contribution in [2.24, 2.45) is 13.0 Å².